The third-order valence-corrected chi connectivity index (χ3v) is 12.8. The van der Waals surface area contributed by atoms with E-state index >= 15 is 0 Å². The van der Waals surface area contributed by atoms with Gasteiger partial charge in [0.15, 0.2) is 17.5 Å². The largest absolute Gasteiger partial charge is 0.455 e. The fourth-order valence-corrected chi connectivity index (χ4v) is 9.92. The first-order valence-corrected chi connectivity index (χ1v) is 20.9. The summed E-state index contributed by atoms with van der Waals surface area (Å²) >= 11 is 1.87. The topological polar surface area (TPSA) is 51.8 Å². The summed E-state index contributed by atoms with van der Waals surface area (Å²) < 4.78 is 9.39. The van der Waals surface area contributed by atoms with E-state index in [9.17, 15) is 0 Å². The fraction of sp³-hybridized carbons (Fsp3) is 0. The van der Waals surface area contributed by atoms with Crippen molar-refractivity contribution in [2.24, 2.45) is 0 Å². The third-order valence-electron chi connectivity index (χ3n) is 11.5. The fourth-order valence-electron chi connectivity index (χ4n) is 8.69. The molecule has 60 heavy (non-hydrogen) atoms. The van der Waals surface area contributed by atoms with Crippen LogP contribution in [0.2, 0.25) is 0 Å². The average Bonchev–Trinajstić information content (AvgIpc) is 3.91. The standard InChI is InChI=1S/C55H33N3OS/c1-3-14-35(15-4-1)53-56-54(36-16-5-2-6-17-36)58-55(57-53)37-30-28-34(29-31-37)38-18-11-19-39(32-38)40-23-13-26-48-50(40)47-33-46(41-20-7-8-22-43(41)51(47)59-48)45-25-12-24-44-42-21-9-10-27-49(42)60-52(44)45/h1-33H. The molecule has 0 atom stereocenters. The highest BCUT2D eigenvalue weighted by molar-refractivity contribution is 7.26. The number of hydrogen-bond donors (Lipinski definition) is 0. The predicted octanol–water partition coefficient (Wildman–Crippen LogP) is 15.3. The van der Waals surface area contributed by atoms with E-state index < -0.39 is 0 Å². The highest BCUT2D eigenvalue weighted by Crippen LogP contribution is 2.46. The molecular formula is C55H33N3OS. The number of hydrogen-bond acceptors (Lipinski definition) is 5. The van der Waals surface area contributed by atoms with Crippen molar-refractivity contribution in [3.63, 3.8) is 0 Å². The molecule has 0 N–H and O–H groups in total. The van der Waals surface area contributed by atoms with Crippen LogP contribution < -0.4 is 0 Å². The van der Waals surface area contributed by atoms with Gasteiger partial charge in [0.05, 0.1) is 0 Å². The summed E-state index contributed by atoms with van der Waals surface area (Å²) in [6.07, 6.45) is 0. The van der Waals surface area contributed by atoms with Gasteiger partial charge in [0.1, 0.15) is 11.2 Å². The molecule has 5 heteroatoms. The van der Waals surface area contributed by atoms with Gasteiger partial charge in [-0.1, -0.05) is 176 Å². The molecule has 9 aromatic carbocycles. The quantitative estimate of drug-likeness (QED) is 0.169. The summed E-state index contributed by atoms with van der Waals surface area (Å²) in [4.78, 5) is 14.8. The van der Waals surface area contributed by atoms with Crippen LogP contribution in [0.1, 0.15) is 0 Å². The Hall–Kier alpha value is -7.73. The van der Waals surface area contributed by atoms with Crippen LogP contribution in [0.3, 0.4) is 0 Å². The number of aromatic nitrogens is 3. The lowest BCUT2D eigenvalue weighted by Gasteiger charge is -2.11. The summed E-state index contributed by atoms with van der Waals surface area (Å²) in [5.41, 5.74) is 11.6. The van der Waals surface area contributed by atoms with Gasteiger partial charge in [-0.15, -0.1) is 11.3 Å². The van der Waals surface area contributed by atoms with Crippen LogP contribution in [0.4, 0.5) is 0 Å². The zero-order valence-corrected chi connectivity index (χ0v) is 33.0. The zero-order chi connectivity index (χ0) is 39.6. The molecule has 12 aromatic rings. The SMILES string of the molecule is c1ccc(-c2nc(-c3ccccc3)nc(-c3ccc(-c4cccc(-c5cccc6oc7c8ccccc8c(-c8cccc9c8sc8ccccc89)cc7c56)c4)cc3)n2)cc1. The van der Waals surface area contributed by atoms with E-state index in [1.807, 2.05) is 72.0 Å². The molecule has 0 radical (unpaired) electrons. The van der Waals surface area contributed by atoms with Crippen molar-refractivity contribution in [3.05, 3.63) is 200 Å². The minimum atomic E-state index is 0.636. The Bertz CT molecular complexity index is 3530. The minimum absolute atomic E-state index is 0.636. The summed E-state index contributed by atoms with van der Waals surface area (Å²) in [6, 6.07) is 70.4. The highest BCUT2D eigenvalue weighted by Gasteiger charge is 2.20. The van der Waals surface area contributed by atoms with Crippen LogP contribution in [-0.2, 0) is 0 Å². The maximum atomic E-state index is 6.78. The van der Waals surface area contributed by atoms with Gasteiger partial charge in [-0.2, -0.15) is 0 Å². The molecule has 0 saturated carbocycles. The average molecular weight is 784 g/mol. The Kier molecular flexibility index (Phi) is 8.00. The van der Waals surface area contributed by atoms with E-state index in [1.54, 1.807) is 0 Å². The molecular weight excluding hydrogens is 751 g/mol. The number of fused-ring (bicyclic) bond motifs is 8. The van der Waals surface area contributed by atoms with Crippen molar-refractivity contribution in [1.29, 1.82) is 0 Å². The van der Waals surface area contributed by atoms with Crippen LogP contribution in [0.5, 0.6) is 0 Å². The first-order chi connectivity index (χ1) is 29.7. The van der Waals surface area contributed by atoms with Gasteiger partial charge in [0.25, 0.3) is 0 Å². The molecule has 0 aliphatic carbocycles. The summed E-state index contributed by atoms with van der Waals surface area (Å²) in [6.45, 7) is 0. The van der Waals surface area contributed by atoms with Crippen molar-refractivity contribution in [2.45, 2.75) is 0 Å². The van der Waals surface area contributed by atoms with E-state index in [1.165, 1.54) is 36.7 Å². The molecule has 4 nitrogen and oxygen atoms in total. The highest BCUT2D eigenvalue weighted by atomic mass is 32.1. The molecule has 0 fully saturated rings. The van der Waals surface area contributed by atoms with Gasteiger partial charge in [0, 0.05) is 58.6 Å². The van der Waals surface area contributed by atoms with Crippen molar-refractivity contribution in [2.75, 3.05) is 0 Å². The maximum absolute atomic E-state index is 6.78. The maximum Gasteiger partial charge on any atom is 0.164 e. The van der Waals surface area contributed by atoms with Crippen LogP contribution >= 0.6 is 11.3 Å². The van der Waals surface area contributed by atoms with E-state index in [-0.39, 0.29) is 0 Å². The molecule has 12 rings (SSSR count). The van der Waals surface area contributed by atoms with E-state index in [0.717, 1.165) is 66.3 Å². The van der Waals surface area contributed by atoms with Gasteiger partial charge in [-0.05, 0) is 57.5 Å². The zero-order valence-electron chi connectivity index (χ0n) is 32.2. The molecule has 0 bridgehead atoms. The lowest BCUT2D eigenvalue weighted by Crippen LogP contribution is -2.00. The van der Waals surface area contributed by atoms with E-state index in [4.69, 9.17) is 19.4 Å². The smallest absolute Gasteiger partial charge is 0.164 e. The summed E-state index contributed by atoms with van der Waals surface area (Å²) in [7, 11) is 0. The van der Waals surface area contributed by atoms with Gasteiger partial charge < -0.3 is 4.42 Å². The first-order valence-electron chi connectivity index (χ1n) is 20.1. The van der Waals surface area contributed by atoms with Crippen LogP contribution in [0.25, 0.3) is 120 Å². The number of furan rings is 1. The second-order valence-corrected chi connectivity index (χ2v) is 16.2. The van der Waals surface area contributed by atoms with E-state index in [2.05, 4.69) is 140 Å². The monoisotopic (exact) mass is 783 g/mol. The van der Waals surface area contributed by atoms with Gasteiger partial charge >= 0.3 is 0 Å². The lowest BCUT2D eigenvalue weighted by atomic mass is 9.92. The van der Waals surface area contributed by atoms with Gasteiger partial charge in [0.2, 0.25) is 0 Å². The normalized spacial score (nSPS) is 11.7. The second-order valence-electron chi connectivity index (χ2n) is 15.1. The first kappa shape index (κ1) is 34.3. The molecule has 0 saturated heterocycles. The molecule has 280 valence electrons. The lowest BCUT2D eigenvalue weighted by molar-refractivity contribution is 0.673. The Morgan fingerprint density at radius 2 is 0.867 bits per heavy atom. The summed E-state index contributed by atoms with van der Waals surface area (Å²) in [5, 5.41) is 7.13. The third kappa shape index (κ3) is 5.70. The molecule has 0 aliphatic rings. The number of rotatable bonds is 6. The second kappa shape index (κ2) is 14.0. The predicted molar refractivity (Wildman–Crippen MR) is 250 cm³/mol. The number of benzene rings is 9. The molecule has 0 spiro atoms. The Balaban J connectivity index is 0.967. The molecule has 0 amide bonds. The number of nitrogens with zero attached hydrogens (tertiary/aromatic N) is 3. The van der Waals surface area contributed by atoms with E-state index in [0.29, 0.717) is 17.5 Å². The molecule has 0 unspecified atom stereocenters. The molecule has 3 heterocycles. The van der Waals surface area contributed by atoms with Crippen LogP contribution in [0.15, 0.2) is 205 Å². The number of thiophene rings is 1. The van der Waals surface area contributed by atoms with Crippen molar-refractivity contribution in [3.8, 4) is 67.5 Å². The van der Waals surface area contributed by atoms with Crippen molar-refractivity contribution < 1.29 is 4.42 Å². The summed E-state index contributed by atoms with van der Waals surface area (Å²) in [5.74, 6) is 1.93. The Morgan fingerprint density at radius 1 is 0.333 bits per heavy atom. The van der Waals surface area contributed by atoms with Crippen molar-refractivity contribution >= 4 is 64.2 Å². The van der Waals surface area contributed by atoms with Gasteiger partial charge in [-0.3, -0.25) is 0 Å². The Morgan fingerprint density at radius 3 is 1.60 bits per heavy atom. The minimum Gasteiger partial charge on any atom is -0.455 e. The van der Waals surface area contributed by atoms with Gasteiger partial charge in [-0.25, -0.2) is 15.0 Å². The Labute approximate surface area is 349 Å². The molecule has 0 aliphatic heterocycles. The molecule has 3 aromatic heterocycles. The van der Waals surface area contributed by atoms with Crippen LogP contribution in [0, 0.1) is 0 Å². The van der Waals surface area contributed by atoms with Crippen LogP contribution in [-0.4, -0.2) is 15.0 Å². The van der Waals surface area contributed by atoms with Crippen molar-refractivity contribution in [1.82, 2.24) is 15.0 Å².